The van der Waals surface area contributed by atoms with Gasteiger partial charge in [-0.3, -0.25) is 14.9 Å². The summed E-state index contributed by atoms with van der Waals surface area (Å²) in [6, 6.07) is 4.76. The summed E-state index contributed by atoms with van der Waals surface area (Å²) in [5, 5.41) is 10.8. The third kappa shape index (κ3) is 3.68. The fourth-order valence-electron chi connectivity index (χ4n) is 2.58. The highest BCUT2D eigenvalue weighted by atomic mass is 16.5. The van der Waals surface area contributed by atoms with Gasteiger partial charge in [0.1, 0.15) is 5.75 Å². The van der Waals surface area contributed by atoms with Crippen LogP contribution in [-0.4, -0.2) is 74.4 Å². The summed E-state index contributed by atoms with van der Waals surface area (Å²) in [7, 11) is 5.61. The van der Waals surface area contributed by atoms with Crippen molar-refractivity contribution in [2.24, 2.45) is 0 Å². The number of amides is 1. The molecule has 0 saturated carbocycles. The van der Waals surface area contributed by atoms with Gasteiger partial charge in [0, 0.05) is 19.2 Å². The number of nitrogens with zero attached hydrogens (tertiary/aromatic N) is 3. The summed E-state index contributed by atoms with van der Waals surface area (Å²) in [4.78, 5) is 14.6. The van der Waals surface area contributed by atoms with E-state index >= 15 is 0 Å². The smallest absolute Gasteiger partial charge is 0.305 e. The van der Waals surface area contributed by atoms with Crippen molar-refractivity contribution in [3.8, 4) is 5.75 Å². The number of carbonyl (C=O) groups excluding carboxylic acids is 1. The highest BCUT2D eigenvalue weighted by molar-refractivity contribution is 5.92. The topological polar surface area (TPSA) is 79.0 Å². The minimum Gasteiger partial charge on any atom is -0.495 e. The van der Waals surface area contributed by atoms with E-state index in [0.717, 1.165) is 26.2 Å². The molecule has 1 aliphatic heterocycles. The molecule has 0 spiro atoms. The van der Waals surface area contributed by atoms with E-state index in [-0.39, 0.29) is 12.5 Å². The molecule has 7 nitrogen and oxygen atoms in total. The maximum Gasteiger partial charge on any atom is 0.305 e. The molecule has 1 fully saturated rings. The summed E-state index contributed by atoms with van der Waals surface area (Å²) in [6.45, 7) is 3.94. The molecule has 122 valence electrons. The molecule has 1 aromatic carbocycles. The Bertz CT molecular complexity index is 542. The average Bonchev–Trinajstić information content (AvgIpc) is 2.50. The lowest BCUT2D eigenvalue weighted by Gasteiger charge is -2.40. The fourth-order valence-corrected chi connectivity index (χ4v) is 2.58. The molecule has 0 radical (unpaired) electrons. The van der Waals surface area contributed by atoms with Gasteiger partial charge in [0.15, 0.2) is 6.54 Å². The second-order valence-electron chi connectivity index (χ2n) is 6.16. The molecule has 0 atom stereocenters. The second kappa shape index (κ2) is 6.51. The van der Waals surface area contributed by atoms with Crippen molar-refractivity contribution < 1.29 is 19.2 Å². The van der Waals surface area contributed by atoms with E-state index in [1.165, 1.54) is 7.11 Å². The fraction of sp³-hybridized carbons (Fsp3) is 0.533. The third-order valence-corrected chi connectivity index (χ3v) is 4.26. The monoisotopic (exact) mass is 309 g/mol. The summed E-state index contributed by atoms with van der Waals surface area (Å²) in [5.41, 5.74) is 6.56. The van der Waals surface area contributed by atoms with Crippen LogP contribution in [0.2, 0.25) is 0 Å². The van der Waals surface area contributed by atoms with Gasteiger partial charge in [-0.15, -0.1) is 0 Å². The standard InChI is InChI=1S/C15H25N4O3/c1-17-6-8-19(2,9-7-17)11-15(20)18(21)12-4-5-13(16)14(10-12)22-3/h4-5,10,21H,6-9,11,16H2,1-3H3/q+1. The number of rotatable bonds is 4. The SMILES string of the molecule is COc1cc(N(O)C(=O)C[N+]2(C)CCN(C)CC2)ccc1N. The molecule has 22 heavy (non-hydrogen) atoms. The van der Waals surface area contributed by atoms with Crippen LogP contribution in [0.4, 0.5) is 11.4 Å². The zero-order chi connectivity index (χ0) is 16.3. The first-order chi connectivity index (χ1) is 10.3. The Labute approximate surface area is 131 Å². The zero-order valence-corrected chi connectivity index (χ0v) is 13.5. The van der Waals surface area contributed by atoms with Crippen LogP contribution in [0.1, 0.15) is 0 Å². The van der Waals surface area contributed by atoms with E-state index in [0.29, 0.717) is 26.7 Å². The number of piperazine rings is 1. The number of hydroxylamine groups is 1. The van der Waals surface area contributed by atoms with Crippen LogP contribution in [0.3, 0.4) is 0 Å². The van der Waals surface area contributed by atoms with Gasteiger partial charge in [-0.25, -0.2) is 0 Å². The number of quaternary nitrogens is 1. The number of likely N-dealkylation sites (N-methyl/N-ethyl adjacent to an activating group) is 2. The van der Waals surface area contributed by atoms with Crippen LogP contribution in [0.15, 0.2) is 18.2 Å². The van der Waals surface area contributed by atoms with Crippen LogP contribution in [-0.2, 0) is 4.79 Å². The van der Waals surface area contributed by atoms with E-state index in [1.807, 2.05) is 7.05 Å². The molecule has 3 N–H and O–H groups in total. The Morgan fingerprint density at radius 3 is 2.68 bits per heavy atom. The van der Waals surface area contributed by atoms with Gasteiger partial charge in [0.2, 0.25) is 0 Å². The number of nitrogen functional groups attached to an aromatic ring is 1. The largest absolute Gasteiger partial charge is 0.495 e. The first kappa shape index (κ1) is 16.5. The molecule has 0 aromatic heterocycles. The van der Waals surface area contributed by atoms with Gasteiger partial charge in [-0.1, -0.05) is 0 Å². The number of benzene rings is 1. The lowest BCUT2D eigenvalue weighted by molar-refractivity contribution is -0.906. The minimum absolute atomic E-state index is 0.261. The molecule has 1 amide bonds. The lowest BCUT2D eigenvalue weighted by Crippen LogP contribution is -2.59. The summed E-state index contributed by atoms with van der Waals surface area (Å²) < 4.78 is 5.74. The van der Waals surface area contributed by atoms with Crippen LogP contribution in [0.5, 0.6) is 5.75 Å². The Hall–Kier alpha value is -1.83. The van der Waals surface area contributed by atoms with Gasteiger partial charge in [-0.2, -0.15) is 5.06 Å². The minimum atomic E-state index is -0.334. The van der Waals surface area contributed by atoms with Crippen molar-refractivity contribution in [3.63, 3.8) is 0 Å². The van der Waals surface area contributed by atoms with Crippen LogP contribution >= 0.6 is 0 Å². The maximum atomic E-state index is 12.4. The number of nitrogens with two attached hydrogens (primary N) is 1. The lowest BCUT2D eigenvalue weighted by atomic mass is 10.2. The highest BCUT2D eigenvalue weighted by Gasteiger charge is 2.32. The predicted molar refractivity (Wildman–Crippen MR) is 85.0 cm³/mol. The summed E-state index contributed by atoms with van der Waals surface area (Å²) >= 11 is 0. The van der Waals surface area contributed by atoms with E-state index in [9.17, 15) is 10.0 Å². The molecule has 1 aliphatic rings. The Kier molecular flexibility index (Phi) is 4.90. The van der Waals surface area contributed by atoms with Crippen LogP contribution in [0.25, 0.3) is 0 Å². The normalized spacial score (nSPS) is 18.0. The molecule has 0 unspecified atom stereocenters. The molecule has 1 aromatic rings. The third-order valence-electron chi connectivity index (χ3n) is 4.26. The quantitative estimate of drug-likeness (QED) is 0.364. The second-order valence-corrected chi connectivity index (χ2v) is 6.16. The maximum absolute atomic E-state index is 12.4. The highest BCUT2D eigenvalue weighted by Crippen LogP contribution is 2.27. The predicted octanol–water partition coefficient (Wildman–Crippen LogP) is 0.392. The number of methoxy groups -OCH3 is 1. The molecular weight excluding hydrogens is 284 g/mol. The zero-order valence-electron chi connectivity index (χ0n) is 13.5. The molecule has 0 bridgehead atoms. The molecule has 0 aliphatic carbocycles. The number of hydrogen-bond donors (Lipinski definition) is 2. The molecule has 1 saturated heterocycles. The van der Waals surface area contributed by atoms with Crippen LogP contribution in [0, 0.1) is 0 Å². The van der Waals surface area contributed by atoms with E-state index in [4.69, 9.17) is 10.5 Å². The Morgan fingerprint density at radius 2 is 2.09 bits per heavy atom. The van der Waals surface area contributed by atoms with Gasteiger partial charge >= 0.3 is 5.91 Å². The Morgan fingerprint density at radius 1 is 1.45 bits per heavy atom. The van der Waals surface area contributed by atoms with E-state index < -0.39 is 0 Å². The van der Waals surface area contributed by atoms with Gasteiger partial charge in [0.05, 0.1) is 38.6 Å². The summed E-state index contributed by atoms with van der Waals surface area (Å²) in [6.07, 6.45) is 0. The van der Waals surface area contributed by atoms with Gasteiger partial charge < -0.3 is 15.0 Å². The first-order valence-electron chi connectivity index (χ1n) is 7.32. The van der Waals surface area contributed by atoms with E-state index in [2.05, 4.69) is 11.9 Å². The van der Waals surface area contributed by atoms with Crippen molar-refractivity contribution in [2.75, 3.05) is 64.7 Å². The van der Waals surface area contributed by atoms with Crippen molar-refractivity contribution in [2.45, 2.75) is 0 Å². The Balaban J connectivity index is 2.06. The molecular formula is C15H25N4O3+. The van der Waals surface area contributed by atoms with Gasteiger partial charge in [0.25, 0.3) is 0 Å². The average molecular weight is 309 g/mol. The first-order valence-corrected chi connectivity index (χ1v) is 7.32. The number of carbonyl (C=O) groups is 1. The van der Waals surface area contributed by atoms with Crippen LogP contribution < -0.4 is 15.5 Å². The number of hydrogen-bond acceptors (Lipinski definition) is 5. The van der Waals surface area contributed by atoms with Crippen molar-refractivity contribution in [1.29, 1.82) is 0 Å². The number of ether oxygens (including phenoxy) is 1. The molecule has 7 heteroatoms. The summed E-state index contributed by atoms with van der Waals surface area (Å²) in [5.74, 6) is 0.100. The van der Waals surface area contributed by atoms with Crippen molar-refractivity contribution >= 4 is 17.3 Å². The molecule has 2 rings (SSSR count). The van der Waals surface area contributed by atoms with Crippen molar-refractivity contribution in [1.82, 2.24) is 4.90 Å². The van der Waals surface area contributed by atoms with Gasteiger partial charge in [-0.05, 0) is 19.2 Å². The van der Waals surface area contributed by atoms with E-state index in [1.54, 1.807) is 18.2 Å². The number of anilines is 2. The van der Waals surface area contributed by atoms with Crippen molar-refractivity contribution in [3.05, 3.63) is 18.2 Å². The molecule has 1 heterocycles.